The molecule has 0 unspecified atom stereocenters. The van der Waals surface area contributed by atoms with E-state index in [-0.39, 0.29) is 5.91 Å². The first-order chi connectivity index (χ1) is 12.8. The lowest BCUT2D eigenvalue weighted by atomic mass is 10.2. The van der Waals surface area contributed by atoms with Gasteiger partial charge in [-0.15, -0.1) is 34.4 Å². The summed E-state index contributed by atoms with van der Waals surface area (Å²) in [4.78, 5) is 21.2. The van der Waals surface area contributed by atoms with Crippen LogP contribution in [0.5, 0.6) is 0 Å². The molecule has 0 aliphatic rings. The minimum atomic E-state index is -0.0314. The Labute approximate surface area is 163 Å². The second-order valence-electron chi connectivity index (χ2n) is 5.55. The summed E-state index contributed by atoms with van der Waals surface area (Å²) < 4.78 is 1.14. The summed E-state index contributed by atoms with van der Waals surface area (Å²) in [7, 11) is 0. The fourth-order valence-corrected chi connectivity index (χ4v) is 4.90. The minimum absolute atomic E-state index is 0.0314. The molecule has 0 atom stereocenters. The zero-order valence-electron chi connectivity index (χ0n) is 13.7. The van der Waals surface area contributed by atoms with Crippen LogP contribution >= 0.6 is 34.4 Å². The van der Waals surface area contributed by atoms with E-state index in [1.807, 2.05) is 41.8 Å². The summed E-state index contributed by atoms with van der Waals surface area (Å²) in [5, 5.41) is 6.30. The van der Waals surface area contributed by atoms with Gasteiger partial charge in [0.05, 0.1) is 16.0 Å². The first-order valence-corrected chi connectivity index (χ1v) is 10.9. The SMILES string of the molecule is O=C(CSCc1ccccc1)Nc1nc(-c2nc3ccccc3s2)cs1. The van der Waals surface area contributed by atoms with Gasteiger partial charge in [-0.05, 0) is 17.7 Å². The monoisotopic (exact) mass is 397 g/mol. The third-order valence-electron chi connectivity index (χ3n) is 3.61. The van der Waals surface area contributed by atoms with Crippen LogP contribution < -0.4 is 5.32 Å². The van der Waals surface area contributed by atoms with Crippen LogP contribution in [0.2, 0.25) is 0 Å². The number of anilines is 1. The number of carbonyl (C=O) groups excluding carboxylic acids is 1. The van der Waals surface area contributed by atoms with Crippen molar-refractivity contribution >= 4 is 55.7 Å². The van der Waals surface area contributed by atoms with Crippen LogP contribution in [0.25, 0.3) is 20.9 Å². The molecule has 0 fully saturated rings. The number of hydrogen-bond acceptors (Lipinski definition) is 6. The molecule has 2 aromatic heterocycles. The fourth-order valence-electron chi connectivity index (χ4n) is 2.40. The Balaban J connectivity index is 1.35. The van der Waals surface area contributed by atoms with Gasteiger partial charge in [0.2, 0.25) is 5.91 Å². The molecule has 0 radical (unpaired) electrons. The number of nitrogens with one attached hydrogen (secondary N) is 1. The Morgan fingerprint density at radius 1 is 1.04 bits per heavy atom. The second kappa shape index (κ2) is 7.99. The van der Waals surface area contributed by atoms with Crippen molar-refractivity contribution in [3.8, 4) is 10.7 Å². The van der Waals surface area contributed by atoms with Crippen LogP contribution in [-0.4, -0.2) is 21.6 Å². The average Bonchev–Trinajstić information content (AvgIpc) is 3.29. The van der Waals surface area contributed by atoms with Gasteiger partial charge in [0.15, 0.2) is 5.13 Å². The molecule has 2 aromatic carbocycles. The number of amides is 1. The van der Waals surface area contributed by atoms with E-state index in [0.29, 0.717) is 10.9 Å². The molecule has 4 nitrogen and oxygen atoms in total. The maximum Gasteiger partial charge on any atom is 0.236 e. The van der Waals surface area contributed by atoms with Gasteiger partial charge in [-0.25, -0.2) is 9.97 Å². The van der Waals surface area contributed by atoms with E-state index in [1.54, 1.807) is 23.1 Å². The summed E-state index contributed by atoms with van der Waals surface area (Å²) in [6, 6.07) is 18.2. The Morgan fingerprint density at radius 2 is 1.85 bits per heavy atom. The lowest BCUT2D eigenvalue weighted by molar-refractivity contribution is -0.113. The Hall–Kier alpha value is -2.22. The molecule has 130 valence electrons. The highest BCUT2D eigenvalue weighted by atomic mass is 32.2. The van der Waals surface area contributed by atoms with E-state index in [0.717, 1.165) is 26.7 Å². The van der Waals surface area contributed by atoms with Crippen molar-refractivity contribution in [2.24, 2.45) is 0 Å². The smallest absolute Gasteiger partial charge is 0.236 e. The summed E-state index contributed by atoms with van der Waals surface area (Å²) in [5.74, 6) is 1.20. The van der Waals surface area contributed by atoms with Gasteiger partial charge >= 0.3 is 0 Å². The zero-order chi connectivity index (χ0) is 17.8. The van der Waals surface area contributed by atoms with Gasteiger partial charge in [0, 0.05) is 11.1 Å². The van der Waals surface area contributed by atoms with E-state index in [1.165, 1.54) is 16.9 Å². The number of nitrogens with zero attached hydrogens (tertiary/aromatic N) is 2. The Kier molecular flexibility index (Phi) is 5.29. The number of hydrogen-bond donors (Lipinski definition) is 1. The summed E-state index contributed by atoms with van der Waals surface area (Å²) in [6.45, 7) is 0. The molecule has 0 aliphatic heterocycles. The van der Waals surface area contributed by atoms with Crippen molar-refractivity contribution in [2.75, 3.05) is 11.1 Å². The summed E-state index contributed by atoms with van der Waals surface area (Å²) in [6.07, 6.45) is 0. The van der Waals surface area contributed by atoms with Gasteiger partial charge in [0.25, 0.3) is 0 Å². The Bertz CT molecular complexity index is 994. The molecular weight excluding hydrogens is 382 g/mol. The lowest BCUT2D eigenvalue weighted by Crippen LogP contribution is -2.13. The van der Waals surface area contributed by atoms with Crippen molar-refractivity contribution < 1.29 is 4.79 Å². The highest BCUT2D eigenvalue weighted by Crippen LogP contribution is 2.31. The molecular formula is C19H15N3OS3. The predicted molar refractivity (Wildman–Crippen MR) is 112 cm³/mol. The molecule has 0 saturated carbocycles. The fraction of sp³-hybridized carbons (Fsp3) is 0.105. The first kappa shape index (κ1) is 17.2. The van der Waals surface area contributed by atoms with E-state index in [9.17, 15) is 4.79 Å². The molecule has 1 amide bonds. The molecule has 0 spiro atoms. The van der Waals surface area contributed by atoms with Gasteiger partial charge in [-0.1, -0.05) is 42.5 Å². The molecule has 26 heavy (non-hydrogen) atoms. The second-order valence-corrected chi connectivity index (χ2v) is 8.43. The van der Waals surface area contributed by atoms with Crippen LogP contribution in [-0.2, 0) is 10.5 Å². The quantitative estimate of drug-likeness (QED) is 0.480. The summed E-state index contributed by atoms with van der Waals surface area (Å²) >= 11 is 4.63. The number of para-hydroxylation sites is 1. The normalized spacial score (nSPS) is 10.9. The zero-order valence-corrected chi connectivity index (χ0v) is 16.2. The topological polar surface area (TPSA) is 54.9 Å². The third kappa shape index (κ3) is 4.12. The number of rotatable bonds is 6. The molecule has 1 N–H and O–H groups in total. The van der Waals surface area contributed by atoms with E-state index >= 15 is 0 Å². The van der Waals surface area contributed by atoms with Crippen molar-refractivity contribution in [2.45, 2.75) is 5.75 Å². The minimum Gasteiger partial charge on any atom is -0.301 e. The number of thioether (sulfide) groups is 1. The third-order valence-corrected chi connectivity index (χ3v) is 6.43. The van der Waals surface area contributed by atoms with Gasteiger partial charge < -0.3 is 5.32 Å². The van der Waals surface area contributed by atoms with Crippen LogP contribution in [0.15, 0.2) is 60.0 Å². The van der Waals surface area contributed by atoms with Crippen LogP contribution in [0.3, 0.4) is 0 Å². The average molecular weight is 398 g/mol. The van der Waals surface area contributed by atoms with Gasteiger partial charge in [-0.2, -0.15) is 0 Å². The largest absolute Gasteiger partial charge is 0.301 e. The van der Waals surface area contributed by atoms with Gasteiger partial charge in [-0.3, -0.25) is 4.79 Å². The van der Waals surface area contributed by atoms with E-state index < -0.39 is 0 Å². The molecule has 0 aliphatic carbocycles. The molecule has 4 rings (SSSR count). The van der Waals surface area contributed by atoms with E-state index in [2.05, 4.69) is 33.5 Å². The number of aromatic nitrogens is 2. The maximum atomic E-state index is 12.1. The predicted octanol–water partition coefficient (Wildman–Crippen LogP) is 5.29. The molecule has 4 aromatic rings. The van der Waals surface area contributed by atoms with Crippen molar-refractivity contribution in [1.29, 1.82) is 0 Å². The Morgan fingerprint density at radius 3 is 2.69 bits per heavy atom. The lowest BCUT2D eigenvalue weighted by Gasteiger charge is -2.02. The van der Waals surface area contributed by atoms with Crippen molar-refractivity contribution in [1.82, 2.24) is 9.97 Å². The highest BCUT2D eigenvalue weighted by Gasteiger charge is 2.11. The molecule has 7 heteroatoms. The van der Waals surface area contributed by atoms with E-state index in [4.69, 9.17) is 0 Å². The van der Waals surface area contributed by atoms with Crippen LogP contribution in [0, 0.1) is 0 Å². The van der Waals surface area contributed by atoms with Gasteiger partial charge in [0.1, 0.15) is 10.7 Å². The van der Waals surface area contributed by atoms with Crippen molar-refractivity contribution in [3.05, 3.63) is 65.5 Å². The number of carbonyl (C=O) groups is 1. The standard InChI is InChI=1S/C19H15N3OS3/c23-17(12-24-10-13-6-2-1-3-7-13)22-19-21-15(11-25-19)18-20-14-8-4-5-9-16(14)26-18/h1-9,11H,10,12H2,(H,21,22,23). The number of benzene rings is 2. The van der Waals surface area contributed by atoms with Crippen LogP contribution in [0.4, 0.5) is 5.13 Å². The highest BCUT2D eigenvalue weighted by molar-refractivity contribution is 7.99. The number of thiazole rings is 2. The maximum absolute atomic E-state index is 12.1. The van der Waals surface area contributed by atoms with Crippen LogP contribution in [0.1, 0.15) is 5.56 Å². The first-order valence-electron chi connectivity index (χ1n) is 8.01. The number of fused-ring (bicyclic) bond motifs is 1. The van der Waals surface area contributed by atoms with Crippen molar-refractivity contribution in [3.63, 3.8) is 0 Å². The summed E-state index contributed by atoms with van der Waals surface area (Å²) in [5.41, 5.74) is 3.00. The molecule has 2 heterocycles. The molecule has 0 saturated heterocycles. The molecule has 0 bridgehead atoms.